The fourth-order valence-electron chi connectivity index (χ4n) is 5.09. The molecule has 6 nitrogen and oxygen atoms in total. The number of fused-ring (bicyclic) bond motifs is 1. The van der Waals surface area contributed by atoms with Crippen molar-refractivity contribution < 1.29 is 14.3 Å². The minimum Gasteiger partial charge on any atom is -0.489 e. The molecule has 43 heavy (non-hydrogen) atoms. The highest BCUT2D eigenvalue weighted by atomic mass is 35.5. The molecule has 1 atom stereocenters. The molecule has 0 radical (unpaired) electrons. The molecule has 1 aliphatic rings. The molecule has 0 fully saturated rings. The van der Waals surface area contributed by atoms with Crippen LogP contribution in [0.25, 0.3) is 6.08 Å². The third-order valence-electron chi connectivity index (χ3n) is 7.34. The van der Waals surface area contributed by atoms with Crippen molar-refractivity contribution in [2.75, 3.05) is 6.61 Å². The summed E-state index contributed by atoms with van der Waals surface area (Å²) in [7, 11) is 0. The van der Waals surface area contributed by atoms with Gasteiger partial charge in [-0.25, -0.2) is 9.79 Å². The zero-order valence-electron chi connectivity index (χ0n) is 24.8. The van der Waals surface area contributed by atoms with Gasteiger partial charge < -0.3 is 9.47 Å². The van der Waals surface area contributed by atoms with E-state index in [1.54, 1.807) is 11.5 Å². The van der Waals surface area contributed by atoms with E-state index in [0.29, 0.717) is 50.3 Å². The Balaban J connectivity index is 1.54. The Bertz CT molecular complexity index is 1820. The van der Waals surface area contributed by atoms with E-state index in [1.807, 2.05) is 66.7 Å². The first-order chi connectivity index (χ1) is 20.8. The van der Waals surface area contributed by atoms with Gasteiger partial charge in [0.05, 0.1) is 28.5 Å². The Kier molecular flexibility index (Phi) is 9.63. The lowest BCUT2D eigenvalue weighted by atomic mass is 9.92. The fourth-order valence-corrected chi connectivity index (χ4v) is 6.30. The summed E-state index contributed by atoms with van der Waals surface area (Å²) in [6.07, 6.45) is 3.27. The van der Waals surface area contributed by atoms with Crippen LogP contribution in [-0.2, 0) is 16.1 Å². The molecular formula is C35H35ClN2O4S. The second-order valence-corrected chi connectivity index (χ2v) is 12.1. The summed E-state index contributed by atoms with van der Waals surface area (Å²) in [5.74, 6) is 0.626. The van der Waals surface area contributed by atoms with Crippen LogP contribution in [0.5, 0.6) is 5.75 Å². The summed E-state index contributed by atoms with van der Waals surface area (Å²) in [5.41, 5.74) is 4.71. The van der Waals surface area contributed by atoms with E-state index in [2.05, 4.69) is 32.9 Å². The van der Waals surface area contributed by atoms with Gasteiger partial charge in [0.15, 0.2) is 4.80 Å². The maximum absolute atomic E-state index is 14.0. The van der Waals surface area contributed by atoms with E-state index in [-0.39, 0.29) is 12.2 Å². The quantitative estimate of drug-likeness (QED) is 0.182. The summed E-state index contributed by atoms with van der Waals surface area (Å²) in [5, 5.41) is 0.664. The minimum atomic E-state index is -0.624. The number of rotatable bonds is 10. The maximum atomic E-state index is 14.0. The molecule has 0 bridgehead atoms. The van der Waals surface area contributed by atoms with Crippen molar-refractivity contribution in [3.05, 3.63) is 131 Å². The van der Waals surface area contributed by atoms with Gasteiger partial charge in [-0.2, -0.15) is 0 Å². The van der Waals surface area contributed by atoms with Gasteiger partial charge in [-0.05, 0) is 60.2 Å². The highest BCUT2D eigenvalue weighted by molar-refractivity contribution is 7.07. The molecule has 8 heteroatoms. The first kappa shape index (κ1) is 30.5. The lowest BCUT2D eigenvalue weighted by molar-refractivity contribution is -0.139. The number of allylic oxidation sites excluding steroid dienone is 1. The standard InChI is InChI=1S/C35H35ClN2O4S/c1-5-9-29-31(34(40)41-6-2)32(25-16-14-24(15-17-25)22(3)4)38-33(39)30(43-35(38)37-29)20-23-12-18-27(19-13-23)42-21-26-10-7-8-11-28(26)36/h7-8,10-20,22,32H,5-6,9,21H2,1-4H3/b30-20-/t32-/m1/s1. The van der Waals surface area contributed by atoms with Gasteiger partial charge in [-0.15, -0.1) is 0 Å². The van der Waals surface area contributed by atoms with Crippen molar-refractivity contribution in [1.82, 2.24) is 4.57 Å². The van der Waals surface area contributed by atoms with Crippen LogP contribution >= 0.6 is 22.9 Å². The molecule has 4 aromatic rings. The SMILES string of the molecule is CCCC1=C(C(=O)OCC)[C@@H](c2ccc(C(C)C)cc2)n2c(s/c(=C\c3ccc(OCc4ccccc4Cl)cc3)c2=O)=N1. The molecule has 0 saturated carbocycles. The summed E-state index contributed by atoms with van der Waals surface area (Å²) in [6, 6.07) is 22.7. The summed E-state index contributed by atoms with van der Waals surface area (Å²) in [6.45, 7) is 8.71. The van der Waals surface area contributed by atoms with Gasteiger partial charge in [-0.1, -0.05) is 105 Å². The van der Waals surface area contributed by atoms with Crippen LogP contribution in [0.3, 0.4) is 0 Å². The van der Waals surface area contributed by atoms with E-state index in [0.717, 1.165) is 23.1 Å². The lowest BCUT2D eigenvalue weighted by Crippen LogP contribution is -2.40. The van der Waals surface area contributed by atoms with Gasteiger partial charge in [0.2, 0.25) is 0 Å². The molecule has 0 unspecified atom stereocenters. The molecule has 2 heterocycles. The lowest BCUT2D eigenvalue weighted by Gasteiger charge is -2.26. The Morgan fingerprint density at radius 2 is 1.77 bits per heavy atom. The predicted octanol–water partition coefficient (Wildman–Crippen LogP) is 6.93. The number of aromatic nitrogens is 1. The van der Waals surface area contributed by atoms with E-state index in [1.165, 1.54) is 16.9 Å². The van der Waals surface area contributed by atoms with Crippen LogP contribution in [0.4, 0.5) is 0 Å². The van der Waals surface area contributed by atoms with E-state index >= 15 is 0 Å². The second kappa shape index (κ2) is 13.6. The molecule has 222 valence electrons. The molecule has 0 spiro atoms. The van der Waals surface area contributed by atoms with E-state index in [4.69, 9.17) is 26.1 Å². The molecular weight excluding hydrogens is 580 g/mol. The first-order valence-electron chi connectivity index (χ1n) is 14.6. The number of esters is 1. The minimum absolute atomic E-state index is 0.196. The van der Waals surface area contributed by atoms with Crippen molar-refractivity contribution in [3.63, 3.8) is 0 Å². The van der Waals surface area contributed by atoms with Crippen LogP contribution in [-0.4, -0.2) is 17.1 Å². The van der Waals surface area contributed by atoms with Crippen molar-refractivity contribution in [2.45, 2.75) is 59.1 Å². The van der Waals surface area contributed by atoms with Gasteiger partial charge in [-0.3, -0.25) is 9.36 Å². The molecule has 1 aliphatic heterocycles. The van der Waals surface area contributed by atoms with Crippen LogP contribution in [0, 0.1) is 0 Å². The summed E-state index contributed by atoms with van der Waals surface area (Å²) < 4.78 is 13.6. The van der Waals surface area contributed by atoms with E-state index < -0.39 is 12.0 Å². The summed E-state index contributed by atoms with van der Waals surface area (Å²) in [4.78, 5) is 32.8. The number of halogens is 1. The van der Waals surface area contributed by atoms with Gasteiger partial charge in [0.1, 0.15) is 12.4 Å². The van der Waals surface area contributed by atoms with Gasteiger partial charge in [0.25, 0.3) is 5.56 Å². The predicted molar refractivity (Wildman–Crippen MR) is 172 cm³/mol. The molecule has 0 saturated heterocycles. The monoisotopic (exact) mass is 614 g/mol. The van der Waals surface area contributed by atoms with Crippen molar-refractivity contribution in [2.24, 2.45) is 4.99 Å². The van der Waals surface area contributed by atoms with Gasteiger partial charge >= 0.3 is 5.97 Å². The molecule has 5 rings (SSSR count). The number of ether oxygens (including phenoxy) is 2. The number of benzene rings is 3. The third-order valence-corrected chi connectivity index (χ3v) is 8.69. The number of nitrogens with zero attached hydrogens (tertiary/aromatic N) is 2. The highest BCUT2D eigenvalue weighted by Gasteiger charge is 2.34. The molecule has 0 N–H and O–H groups in total. The van der Waals surface area contributed by atoms with Crippen molar-refractivity contribution in [1.29, 1.82) is 0 Å². The Labute approximate surface area is 260 Å². The molecule has 0 aliphatic carbocycles. The topological polar surface area (TPSA) is 69.9 Å². The molecule has 3 aromatic carbocycles. The van der Waals surface area contributed by atoms with Gasteiger partial charge in [0, 0.05) is 10.6 Å². The third kappa shape index (κ3) is 6.68. The molecule has 1 aromatic heterocycles. The van der Waals surface area contributed by atoms with Crippen molar-refractivity contribution in [3.8, 4) is 5.75 Å². The van der Waals surface area contributed by atoms with Crippen LogP contribution < -0.4 is 19.6 Å². The first-order valence-corrected chi connectivity index (χ1v) is 15.8. The number of hydrogen-bond donors (Lipinski definition) is 0. The zero-order valence-corrected chi connectivity index (χ0v) is 26.4. The smallest absolute Gasteiger partial charge is 0.338 e. The molecule has 0 amide bonds. The zero-order chi connectivity index (χ0) is 30.5. The Morgan fingerprint density at radius 1 is 1.05 bits per heavy atom. The van der Waals surface area contributed by atoms with E-state index in [9.17, 15) is 9.59 Å². The van der Waals surface area contributed by atoms with Crippen LogP contribution in [0.15, 0.2) is 93.9 Å². The Hall–Kier alpha value is -3.94. The number of hydrogen-bond acceptors (Lipinski definition) is 6. The van der Waals surface area contributed by atoms with Crippen molar-refractivity contribution >= 4 is 35.0 Å². The maximum Gasteiger partial charge on any atom is 0.338 e. The largest absolute Gasteiger partial charge is 0.489 e. The Morgan fingerprint density at radius 3 is 2.42 bits per heavy atom. The average Bonchev–Trinajstić information content (AvgIpc) is 3.31. The summed E-state index contributed by atoms with van der Waals surface area (Å²) >= 11 is 7.58. The average molecular weight is 615 g/mol. The fraction of sp³-hybridized carbons (Fsp3) is 0.286. The van der Waals surface area contributed by atoms with Crippen LogP contribution in [0.2, 0.25) is 5.02 Å². The van der Waals surface area contributed by atoms with Crippen LogP contribution in [0.1, 0.15) is 74.8 Å². The number of carbonyl (C=O) groups is 1. The number of carbonyl (C=O) groups excluding carboxylic acids is 1. The normalized spacial score (nSPS) is 14.9. The second-order valence-electron chi connectivity index (χ2n) is 10.7. The number of thiazole rings is 1. The highest BCUT2D eigenvalue weighted by Crippen LogP contribution is 2.33.